The largest absolute Gasteiger partial charge is 0.286 e. The summed E-state index contributed by atoms with van der Waals surface area (Å²) in [6, 6.07) is 12.8. The molecule has 0 bridgehead atoms. The molecule has 1 aliphatic heterocycles. The highest BCUT2D eigenvalue weighted by molar-refractivity contribution is 7.91. The van der Waals surface area contributed by atoms with Crippen LogP contribution in [0.4, 0.5) is 0 Å². The van der Waals surface area contributed by atoms with Gasteiger partial charge >= 0.3 is 0 Å². The second kappa shape index (κ2) is 11.1. The van der Waals surface area contributed by atoms with Crippen molar-refractivity contribution in [3.8, 4) is 28.8 Å². The van der Waals surface area contributed by atoms with Crippen LogP contribution in [0.5, 0.6) is 0 Å². The molecular formula is C26H26Cl2N4O3S. The first-order chi connectivity index (χ1) is 17.2. The lowest BCUT2D eigenvalue weighted by molar-refractivity contribution is 0.0795. The number of amides is 1. The highest BCUT2D eigenvalue weighted by Crippen LogP contribution is 2.33. The van der Waals surface area contributed by atoms with Crippen LogP contribution in [0.15, 0.2) is 42.5 Å². The van der Waals surface area contributed by atoms with Gasteiger partial charge in [0.15, 0.2) is 15.5 Å². The average molecular weight is 545 g/mol. The quantitative estimate of drug-likeness (QED) is 0.471. The van der Waals surface area contributed by atoms with E-state index in [1.165, 1.54) is 0 Å². The Morgan fingerprint density at radius 1 is 1.11 bits per heavy atom. The summed E-state index contributed by atoms with van der Waals surface area (Å²) in [4.78, 5) is 13.2. The van der Waals surface area contributed by atoms with Crippen LogP contribution in [0.25, 0.3) is 16.9 Å². The summed E-state index contributed by atoms with van der Waals surface area (Å²) in [7, 11) is -3.07. The predicted octanol–water partition coefficient (Wildman–Crippen LogP) is 4.68. The van der Waals surface area contributed by atoms with Crippen LogP contribution in [-0.4, -0.2) is 53.7 Å². The van der Waals surface area contributed by atoms with Crippen LogP contribution in [0.3, 0.4) is 0 Å². The highest BCUT2D eigenvalue weighted by atomic mass is 35.5. The summed E-state index contributed by atoms with van der Waals surface area (Å²) in [5.74, 6) is 5.88. The fourth-order valence-electron chi connectivity index (χ4n) is 3.90. The van der Waals surface area contributed by atoms with Crippen LogP contribution in [0.1, 0.15) is 41.4 Å². The number of hydrogen-bond acceptors (Lipinski definition) is 5. The van der Waals surface area contributed by atoms with Crippen molar-refractivity contribution in [2.24, 2.45) is 0 Å². The number of carbonyl (C=O) groups excluding carboxylic acids is 1. The van der Waals surface area contributed by atoms with E-state index in [0.717, 1.165) is 24.0 Å². The minimum atomic E-state index is -3.07. The number of sulfone groups is 1. The van der Waals surface area contributed by atoms with Gasteiger partial charge in [0.05, 0.1) is 27.9 Å². The molecule has 0 radical (unpaired) electrons. The number of benzene rings is 2. The zero-order chi connectivity index (χ0) is 25.9. The maximum absolute atomic E-state index is 13.2. The van der Waals surface area contributed by atoms with Gasteiger partial charge in [0.2, 0.25) is 0 Å². The molecule has 1 aromatic heterocycles. The van der Waals surface area contributed by atoms with Crippen molar-refractivity contribution in [2.45, 2.75) is 26.7 Å². The number of rotatable bonds is 5. The summed E-state index contributed by atoms with van der Waals surface area (Å²) >= 11 is 12.6. The monoisotopic (exact) mass is 544 g/mol. The summed E-state index contributed by atoms with van der Waals surface area (Å²) in [6.07, 6.45) is 1.84. The second-order valence-corrected chi connectivity index (χ2v) is 11.7. The zero-order valence-corrected chi connectivity index (χ0v) is 22.3. The SMILES string of the molecule is CCCC#Cc1ccc(-c2c(C)c(C(=O)NN3CCS(=O)(=O)CC3)nn2-c2ccc(Cl)cc2Cl)cc1. The topological polar surface area (TPSA) is 84.3 Å². The minimum Gasteiger partial charge on any atom is -0.283 e. The average Bonchev–Trinajstić information content (AvgIpc) is 3.18. The molecule has 1 N–H and O–H groups in total. The molecule has 4 rings (SSSR count). The van der Waals surface area contributed by atoms with E-state index in [9.17, 15) is 13.2 Å². The zero-order valence-electron chi connectivity index (χ0n) is 20.0. The van der Waals surface area contributed by atoms with Crippen LogP contribution >= 0.6 is 23.2 Å². The molecule has 36 heavy (non-hydrogen) atoms. The second-order valence-electron chi connectivity index (χ2n) is 8.54. The van der Waals surface area contributed by atoms with Gasteiger partial charge < -0.3 is 0 Å². The lowest BCUT2D eigenvalue weighted by Crippen LogP contribution is -2.50. The maximum atomic E-state index is 13.2. The fourth-order valence-corrected chi connectivity index (χ4v) is 5.59. The van der Waals surface area contributed by atoms with E-state index in [2.05, 4.69) is 29.3 Å². The summed E-state index contributed by atoms with van der Waals surface area (Å²) in [5.41, 5.74) is 6.71. The number of nitrogens with zero attached hydrogens (tertiary/aromatic N) is 3. The Kier molecular flexibility index (Phi) is 8.06. The normalized spacial score (nSPS) is 15.2. The van der Waals surface area contributed by atoms with Crippen LogP contribution in [0, 0.1) is 18.8 Å². The highest BCUT2D eigenvalue weighted by Gasteiger charge is 2.27. The van der Waals surface area contributed by atoms with Crippen molar-refractivity contribution in [1.82, 2.24) is 20.2 Å². The van der Waals surface area contributed by atoms with Gasteiger partial charge in [-0.15, -0.1) is 0 Å². The molecular weight excluding hydrogens is 519 g/mol. The molecule has 0 saturated carbocycles. The van der Waals surface area contributed by atoms with Crippen molar-refractivity contribution >= 4 is 38.9 Å². The molecule has 3 aromatic rings. The van der Waals surface area contributed by atoms with E-state index >= 15 is 0 Å². The van der Waals surface area contributed by atoms with E-state index in [1.807, 2.05) is 31.2 Å². The third-order valence-corrected chi connectivity index (χ3v) is 7.99. The summed E-state index contributed by atoms with van der Waals surface area (Å²) < 4.78 is 25.1. The van der Waals surface area contributed by atoms with Crippen LogP contribution in [-0.2, 0) is 9.84 Å². The van der Waals surface area contributed by atoms with Gasteiger partial charge in [-0.2, -0.15) is 5.10 Å². The fraction of sp³-hybridized carbons (Fsp3) is 0.308. The molecule has 188 valence electrons. The lowest BCUT2D eigenvalue weighted by Gasteiger charge is -2.26. The predicted molar refractivity (Wildman–Crippen MR) is 143 cm³/mol. The number of hydrogen-bond donors (Lipinski definition) is 1. The molecule has 1 fully saturated rings. The first-order valence-electron chi connectivity index (χ1n) is 11.6. The Balaban J connectivity index is 1.73. The number of carbonyl (C=O) groups is 1. The van der Waals surface area contributed by atoms with E-state index < -0.39 is 15.7 Å². The summed E-state index contributed by atoms with van der Waals surface area (Å²) in [6.45, 7) is 4.37. The standard InChI is InChI=1S/C26H26Cl2N4O3S/c1-3-4-5-6-19-7-9-20(10-8-19)25-18(2)24(26(33)30-31-13-15-36(34,35)16-14-31)29-32(25)23-12-11-21(27)17-22(23)28/h7-12,17H,3-4,13-16H2,1-2H3,(H,30,33). The van der Waals surface area contributed by atoms with Gasteiger partial charge in [0, 0.05) is 41.2 Å². The van der Waals surface area contributed by atoms with Crippen LogP contribution < -0.4 is 5.43 Å². The van der Waals surface area contributed by atoms with Gasteiger partial charge in [-0.1, -0.05) is 54.1 Å². The third-order valence-electron chi connectivity index (χ3n) is 5.85. The molecule has 1 aliphatic rings. The van der Waals surface area contributed by atoms with Gasteiger partial charge in [-0.05, 0) is 43.7 Å². The van der Waals surface area contributed by atoms with Gasteiger partial charge in [-0.3, -0.25) is 10.2 Å². The summed E-state index contributed by atoms with van der Waals surface area (Å²) in [5, 5.41) is 7.12. The van der Waals surface area contributed by atoms with E-state index in [4.69, 9.17) is 23.2 Å². The van der Waals surface area contributed by atoms with Crippen molar-refractivity contribution in [3.05, 3.63) is 69.3 Å². The number of nitrogens with one attached hydrogen (secondary N) is 1. The van der Waals surface area contributed by atoms with Gasteiger partial charge in [0.25, 0.3) is 5.91 Å². The Morgan fingerprint density at radius 3 is 2.44 bits per heavy atom. The van der Waals surface area contributed by atoms with E-state index in [0.29, 0.717) is 27.0 Å². The van der Waals surface area contributed by atoms with Crippen molar-refractivity contribution in [3.63, 3.8) is 0 Å². The Bertz CT molecular complexity index is 1440. The smallest absolute Gasteiger partial charge is 0.283 e. The number of halogens is 2. The lowest BCUT2D eigenvalue weighted by atomic mass is 10.0. The molecule has 7 nitrogen and oxygen atoms in total. The van der Waals surface area contributed by atoms with Gasteiger partial charge in [-0.25, -0.2) is 18.1 Å². The van der Waals surface area contributed by atoms with Crippen molar-refractivity contribution < 1.29 is 13.2 Å². The molecule has 0 unspecified atom stereocenters. The third kappa shape index (κ3) is 5.93. The van der Waals surface area contributed by atoms with Gasteiger partial charge in [0.1, 0.15) is 0 Å². The number of unbranched alkanes of at least 4 members (excludes halogenated alkanes) is 1. The van der Waals surface area contributed by atoms with Crippen LogP contribution in [0.2, 0.25) is 10.0 Å². The molecule has 0 aliphatic carbocycles. The molecule has 10 heteroatoms. The molecule has 0 atom stereocenters. The Morgan fingerprint density at radius 2 is 1.81 bits per heavy atom. The molecule has 1 amide bonds. The molecule has 1 saturated heterocycles. The van der Waals surface area contributed by atoms with E-state index in [-0.39, 0.29) is 30.3 Å². The maximum Gasteiger partial charge on any atom is 0.286 e. The molecule has 0 spiro atoms. The number of aromatic nitrogens is 2. The molecule has 2 aromatic carbocycles. The first kappa shape index (κ1) is 26.2. The first-order valence-corrected chi connectivity index (χ1v) is 14.2. The minimum absolute atomic E-state index is 0.000166. The Hall–Kier alpha value is -2.83. The van der Waals surface area contributed by atoms with E-state index in [1.54, 1.807) is 27.9 Å². The molecule has 2 heterocycles. The number of hydrazine groups is 1. The van der Waals surface area contributed by atoms with Crippen molar-refractivity contribution in [1.29, 1.82) is 0 Å². The van der Waals surface area contributed by atoms with Crippen molar-refractivity contribution in [2.75, 3.05) is 24.6 Å². The Labute approximate surface area is 221 Å².